The van der Waals surface area contributed by atoms with E-state index in [1.54, 1.807) is 24.3 Å². The maximum absolute atomic E-state index is 10.1. The molecular formula is C8H8Cl2O3. The number of rotatable bonds is 3. The minimum atomic E-state index is -0.995. The first-order chi connectivity index (χ1) is 5.68. The molecule has 0 aliphatic carbocycles. The fraction of sp³-hybridized carbons (Fsp3) is 0.125. The minimum absolute atomic E-state index is 0. The maximum Gasteiger partial charge on any atom is 0.341 e. The van der Waals surface area contributed by atoms with Crippen molar-refractivity contribution in [3.8, 4) is 5.75 Å². The van der Waals surface area contributed by atoms with Gasteiger partial charge in [-0.25, -0.2) is 4.79 Å². The number of hydrogen-bond acceptors (Lipinski definition) is 2. The molecule has 0 spiro atoms. The molecule has 0 aliphatic heterocycles. The van der Waals surface area contributed by atoms with E-state index >= 15 is 0 Å². The number of carboxylic acid groups (broad SMARTS) is 1. The van der Waals surface area contributed by atoms with Crippen molar-refractivity contribution in [1.82, 2.24) is 0 Å². The SMILES string of the molecule is Cl.O=C(O)COc1ccc(Cl)cc1. The lowest BCUT2D eigenvalue weighted by Crippen LogP contribution is -2.09. The predicted molar refractivity (Wildman–Crippen MR) is 51.8 cm³/mol. The van der Waals surface area contributed by atoms with E-state index in [0.29, 0.717) is 10.8 Å². The smallest absolute Gasteiger partial charge is 0.341 e. The topological polar surface area (TPSA) is 46.5 Å². The van der Waals surface area contributed by atoms with Gasteiger partial charge in [0.05, 0.1) is 0 Å². The van der Waals surface area contributed by atoms with Gasteiger partial charge in [0.25, 0.3) is 0 Å². The molecule has 13 heavy (non-hydrogen) atoms. The summed E-state index contributed by atoms with van der Waals surface area (Å²) < 4.78 is 4.86. The lowest BCUT2D eigenvalue weighted by molar-refractivity contribution is -0.139. The molecule has 3 nitrogen and oxygen atoms in total. The lowest BCUT2D eigenvalue weighted by atomic mass is 10.3. The third kappa shape index (κ3) is 4.60. The second-order valence-electron chi connectivity index (χ2n) is 2.14. The third-order valence-electron chi connectivity index (χ3n) is 1.18. The van der Waals surface area contributed by atoms with Crippen molar-refractivity contribution < 1.29 is 14.6 Å². The van der Waals surface area contributed by atoms with Crippen LogP contribution in [0, 0.1) is 0 Å². The molecule has 72 valence electrons. The van der Waals surface area contributed by atoms with Crippen LogP contribution in [0.4, 0.5) is 0 Å². The highest BCUT2D eigenvalue weighted by Crippen LogP contribution is 2.14. The van der Waals surface area contributed by atoms with Crippen LogP contribution in [0.3, 0.4) is 0 Å². The van der Waals surface area contributed by atoms with E-state index in [1.165, 1.54) is 0 Å². The third-order valence-corrected chi connectivity index (χ3v) is 1.43. The molecule has 0 amide bonds. The van der Waals surface area contributed by atoms with Crippen LogP contribution in [0.1, 0.15) is 0 Å². The quantitative estimate of drug-likeness (QED) is 0.854. The zero-order chi connectivity index (χ0) is 8.97. The van der Waals surface area contributed by atoms with Crippen LogP contribution < -0.4 is 4.74 Å². The highest BCUT2D eigenvalue weighted by molar-refractivity contribution is 6.30. The van der Waals surface area contributed by atoms with Gasteiger partial charge in [0.1, 0.15) is 5.75 Å². The average molecular weight is 223 g/mol. The Hall–Kier alpha value is -0.930. The minimum Gasteiger partial charge on any atom is -0.482 e. The van der Waals surface area contributed by atoms with Crippen molar-refractivity contribution in [3.63, 3.8) is 0 Å². The van der Waals surface area contributed by atoms with Gasteiger partial charge in [-0.15, -0.1) is 12.4 Å². The molecule has 0 bridgehead atoms. The van der Waals surface area contributed by atoms with Crippen molar-refractivity contribution in [2.75, 3.05) is 6.61 Å². The Kier molecular flexibility index (Phi) is 5.26. The normalized spacial score (nSPS) is 8.69. The van der Waals surface area contributed by atoms with E-state index in [1.807, 2.05) is 0 Å². The number of carboxylic acids is 1. The van der Waals surface area contributed by atoms with Crippen LogP contribution in [0.2, 0.25) is 5.02 Å². The molecule has 5 heteroatoms. The molecule has 0 atom stereocenters. The van der Waals surface area contributed by atoms with Gasteiger partial charge in [-0.1, -0.05) is 11.6 Å². The molecule has 0 saturated carbocycles. The lowest BCUT2D eigenvalue weighted by Gasteiger charge is -2.01. The Labute approximate surface area is 86.7 Å². The number of halogens is 2. The van der Waals surface area contributed by atoms with Crippen molar-refractivity contribution >= 4 is 30.0 Å². The standard InChI is InChI=1S/C8H7ClO3.ClH/c9-6-1-3-7(4-2-6)12-5-8(10)11;/h1-4H,5H2,(H,10,11);1H. The summed E-state index contributed by atoms with van der Waals surface area (Å²) in [6.07, 6.45) is 0. The number of carbonyl (C=O) groups is 1. The first-order valence-electron chi connectivity index (χ1n) is 3.28. The molecular weight excluding hydrogens is 215 g/mol. The second kappa shape index (κ2) is 5.67. The van der Waals surface area contributed by atoms with Crippen LogP contribution in [-0.4, -0.2) is 17.7 Å². The van der Waals surface area contributed by atoms with Crippen molar-refractivity contribution in [3.05, 3.63) is 29.3 Å². The summed E-state index contributed by atoms with van der Waals surface area (Å²) in [5.41, 5.74) is 0. The summed E-state index contributed by atoms with van der Waals surface area (Å²) in [4.78, 5) is 10.1. The summed E-state index contributed by atoms with van der Waals surface area (Å²) in [7, 11) is 0. The van der Waals surface area contributed by atoms with Crippen LogP contribution >= 0.6 is 24.0 Å². The molecule has 0 heterocycles. The van der Waals surface area contributed by atoms with Gasteiger partial charge < -0.3 is 9.84 Å². The molecule has 1 rings (SSSR count). The molecule has 0 aromatic heterocycles. The van der Waals surface area contributed by atoms with Gasteiger partial charge in [-0.05, 0) is 24.3 Å². The largest absolute Gasteiger partial charge is 0.482 e. The fourth-order valence-corrected chi connectivity index (χ4v) is 0.802. The predicted octanol–water partition coefficient (Wildman–Crippen LogP) is 2.23. The molecule has 0 saturated heterocycles. The number of aliphatic carboxylic acids is 1. The molecule has 0 unspecified atom stereocenters. The Bertz CT molecular complexity index is 271. The highest BCUT2D eigenvalue weighted by Gasteiger charge is 1.97. The monoisotopic (exact) mass is 222 g/mol. The van der Waals surface area contributed by atoms with E-state index < -0.39 is 5.97 Å². The summed E-state index contributed by atoms with van der Waals surface area (Å²) in [5, 5.41) is 8.87. The average Bonchev–Trinajstić information content (AvgIpc) is 2.03. The van der Waals surface area contributed by atoms with Crippen LogP contribution in [0.25, 0.3) is 0 Å². The van der Waals surface area contributed by atoms with Crippen molar-refractivity contribution in [2.24, 2.45) is 0 Å². The number of benzene rings is 1. The van der Waals surface area contributed by atoms with Gasteiger partial charge in [-0.2, -0.15) is 0 Å². The number of hydrogen-bond donors (Lipinski definition) is 1. The van der Waals surface area contributed by atoms with Crippen LogP contribution in [0.15, 0.2) is 24.3 Å². The summed E-state index contributed by atoms with van der Waals surface area (Å²) in [6.45, 7) is -0.332. The Morgan fingerprint density at radius 2 is 1.92 bits per heavy atom. The molecule has 1 N–H and O–H groups in total. The molecule has 0 aliphatic rings. The van der Waals surface area contributed by atoms with Gasteiger partial charge in [0.15, 0.2) is 6.61 Å². The van der Waals surface area contributed by atoms with Crippen molar-refractivity contribution in [2.45, 2.75) is 0 Å². The molecule has 1 aromatic rings. The Morgan fingerprint density at radius 3 is 2.38 bits per heavy atom. The van der Waals surface area contributed by atoms with Gasteiger partial charge in [-0.3, -0.25) is 0 Å². The van der Waals surface area contributed by atoms with Crippen LogP contribution in [-0.2, 0) is 4.79 Å². The molecule has 0 radical (unpaired) electrons. The van der Waals surface area contributed by atoms with Gasteiger partial charge in [0.2, 0.25) is 0 Å². The Balaban J connectivity index is 0.00000144. The zero-order valence-corrected chi connectivity index (χ0v) is 8.14. The first kappa shape index (κ1) is 12.1. The Morgan fingerprint density at radius 1 is 1.38 bits per heavy atom. The summed E-state index contributed by atoms with van der Waals surface area (Å²) in [6, 6.07) is 6.51. The van der Waals surface area contributed by atoms with E-state index in [9.17, 15) is 4.79 Å². The second-order valence-corrected chi connectivity index (χ2v) is 2.57. The van der Waals surface area contributed by atoms with Crippen molar-refractivity contribution in [1.29, 1.82) is 0 Å². The van der Waals surface area contributed by atoms with Crippen LogP contribution in [0.5, 0.6) is 5.75 Å². The van der Waals surface area contributed by atoms with E-state index in [4.69, 9.17) is 21.4 Å². The molecule has 1 aromatic carbocycles. The summed E-state index contributed by atoms with van der Waals surface area (Å²) in [5.74, 6) is -0.494. The van der Waals surface area contributed by atoms with E-state index in [0.717, 1.165) is 0 Å². The fourth-order valence-electron chi connectivity index (χ4n) is 0.676. The van der Waals surface area contributed by atoms with Gasteiger partial charge in [0, 0.05) is 5.02 Å². The van der Waals surface area contributed by atoms with Gasteiger partial charge >= 0.3 is 5.97 Å². The first-order valence-corrected chi connectivity index (χ1v) is 3.66. The zero-order valence-electron chi connectivity index (χ0n) is 6.57. The number of ether oxygens (including phenoxy) is 1. The molecule has 0 fully saturated rings. The maximum atomic E-state index is 10.1. The van der Waals surface area contributed by atoms with E-state index in [-0.39, 0.29) is 19.0 Å². The highest BCUT2D eigenvalue weighted by atomic mass is 35.5. The summed E-state index contributed by atoms with van der Waals surface area (Å²) >= 11 is 5.60. The van der Waals surface area contributed by atoms with E-state index in [2.05, 4.69) is 0 Å².